The zero-order valence-electron chi connectivity index (χ0n) is 11.4. The smallest absolute Gasteiger partial charge is 0.0149 e. The lowest BCUT2D eigenvalue weighted by atomic mass is 9.52. The summed E-state index contributed by atoms with van der Waals surface area (Å²) in [7, 11) is 0. The minimum atomic E-state index is 0.586. The van der Waals surface area contributed by atoms with E-state index < -0.39 is 0 Å². The molecule has 0 saturated heterocycles. The highest BCUT2D eigenvalue weighted by Crippen LogP contribution is 2.57. The van der Waals surface area contributed by atoms with E-state index in [2.05, 4.69) is 27.4 Å². The molecule has 0 nitrogen and oxygen atoms in total. The number of rotatable bonds is 2. The molecule has 92 valence electrons. The largest absolute Gasteiger partial charge is 0.0996 e. The molecule has 16 heavy (non-hydrogen) atoms. The molecule has 0 aromatic carbocycles. The molecule has 2 fully saturated rings. The van der Waals surface area contributed by atoms with Gasteiger partial charge in [-0.05, 0) is 55.3 Å². The summed E-state index contributed by atoms with van der Waals surface area (Å²) >= 11 is 0. The van der Waals surface area contributed by atoms with Gasteiger partial charge in [0.15, 0.2) is 0 Å². The first-order valence-electron chi connectivity index (χ1n) is 7.27. The molecule has 0 aliphatic heterocycles. The summed E-state index contributed by atoms with van der Waals surface area (Å²) in [4.78, 5) is 0. The Kier molecular flexibility index (Phi) is 3.47. The molecule has 2 saturated carbocycles. The minimum Gasteiger partial charge on any atom is -0.0996 e. The third kappa shape index (κ3) is 1.85. The van der Waals surface area contributed by atoms with Crippen LogP contribution in [0.25, 0.3) is 0 Å². The van der Waals surface area contributed by atoms with Gasteiger partial charge in [-0.1, -0.05) is 45.8 Å². The minimum absolute atomic E-state index is 0.586. The van der Waals surface area contributed by atoms with Crippen LogP contribution in [0.2, 0.25) is 0 Å². The molecule has 2 rings (SSSR count). The first-order chi connectivity index (χ1) is 7.59. The average Bonchev–Trinajstić information content (AvgIpc) is 2.27. The number of hydrogen-bond acceptors (Lipinski definition) is 0. The second-order valence-electron chi connectivity index (χ2n) is 6.49. The topological polar surface area (TPSA) is 0 Å². The fourth-order valence-corrected chi connectivity index (χ4v) is 4.58. The van der Waals surface area contributed by atoms with Gasteiger partial charge in [0.2, 0.25) is 0 Å². The Labute approximate surface area is 102 Å². The normalized spacial score (nSPS) is 41.6. The molecule has 2 aliphatic carbocycles. The maximum Gasteiger partial charge on any atom is -0.0149 e. The molecule has 2 aliphatic rings. The fourth-order valence-electron chi connectivity index (χ4n) is 4.58. The Balaban J connectivity index is 2.23. The van der Waals surface area contributed by atoms with Crippen LogP contribution in [0.3, 0.4) is 0 Å². The Morgan fingerprint density at radius 1 is 1.38 bits per heavy atom. The second kappa shape index (κ2) is 4.55. The van der Waals surface area contributed by atoms with E-state index in [0.29, 0.717) is 5.41 Å². The van der Waals surface area contributed by atoms with Crippen molar-refractivity contribution in [3.8, 4) is 0 Å². The highest BCUT2D eigenvalue weighted by molar-refractivity contribution is 5.13. The van der Waals surface area contributed by atoms with Gasteiger partial charge in [-0.2, -0.15) is 0 Å². The predicted octanol–water partition coefficient (Wildman–Crippen LogP) is 5.20. The molecule has 0 aromatic rings. The molecule has 0 aromatic heterocycles. The van der Waals surface area contributed by atoms with Crippen LogP contribution >= 0.6 is 0 Å². The Morgan fingerprint density at radius 3 is 2.81 bits per heavy atom. The van der Waals surface area contributed by atoms with Gasteiger partial charge in [0.05, 0.1) is 0 Å². The lowest BCUT2D eigenvalue weighted by molar-refractivity contribution is 0.000753. The van der Waals surface area contributed by atoms with Crippen LogP contribution in [-0.2, 0) is 0 Å². The summed E-state index contributed by atoms with van der Waals surface area (Å²) in [5.74, 6) is 2.70. The Bertz CT molecular complexity index is 265. The first-order valence-corrected chi connectivity index (χ1v) is 7.27. The summed E-state index contributed by atoms with van der Waals surface area (Å²) in [6.07, 6.45) is 9.81. The van der Waals surface area contributed by atoms with Gasteiger partial charge in [0.1, 0.15) is 0 Å². The molecule has 0 radical (unpaired) electrons. The summed E-state index contributed by atoms with van der Waals surface area (Å²) < 4.78 is 0. The molecule has 0 amide bonds. The predicted molar refractivity (Wildman–Crippen MR) is 71.4 cm³/mol. The third-order valence-corrected chi connectivity index (χ3v) is 5.69. The second-order valence-corrected chi connectivity index (χ2v) is 6.49. The van der Waals surface area contributed by atoms with Gasteiger partial charge >= 0.3 is 0 Å². The van der Waals surface area contributed by atoms with E-state index >= 15 is 0 Å². The first kappa shape index (κ1) is 12.2. The van der Waals surface area contributed by atoms with Crippen LogP contribution in [-0.4, -0.2) is 0 Å². The molecule has 4 atom stereocenters. The van der Waals surface area contributed by atoms with Crippen molar-refractivity contribution in [1.29, 1.82) is 0 Å². The summed E-state index contributed by atoms with van der Waals surface area (Å²) in [5, 5.41) is 0. The van der Waals surface area contributed by atoms with Gasteiger partial charge in [-0.25, -0.2) is 0 Å². The van der Waals surface area contributed by atoms with E-state index in [-0.39, 0.29) is 0 Å². The van der Waals surface area contributed by atoms with Crippen molar-refractivity contribution in [2.24, 2.45) is 23.2 Å². The van der Waals surface area contributed by atoms with Gasteiger partial charge in [0, 0.05) is 0 Å². The molecule has 4 unspecified atom stereocenters. The van der Waals surface area contributed by atoms with Gasteiger partial charge in [0.25, 0.3) is 0 Å². The highest BCUT2D eigenvalue weighted by Gasteiger charge is 2.47. The van der Waals surface area contributed by atoms with Gasteiger partial charge in [-0.3, -0.25) is 0 Å². The van der Waals surface area contributed by atoms with E-state index in [0.717, 1.165) is 17.8 Å². The quantitative estimate of drug-likeness (QED) is 0.561. The van der Waals surface area contributed by atoms with E-state index in [1.165, 1.54) is 44.9 Å². The van der Waals surface area contributed by atoms with Crippen molar-refractivity contribution in [1.82, 2.24) is 0 Å². The molecule has 0 bridgehead atoms. The van der Waals surface area contributed by atoms with Crippen molar-refractivity contribution >= 4 is 0 Å². The molecule has 0 N–H and O–H groups in total. The number of hydrogen-bond donors (Lipinski definition) is 0. The van der Waals surface area contributed by atoms with Crippen molar-refractivity contribution < 1.29 is 0 Å². The van der Waals surface area contributed by atoms with E-state index in [4.69, 9.17) is 0 Å². The van der Waals surface area contributed by atoms with Gasteiger partial charge < -0.3 is 0 Å². The molecule has 0 spiro atoms. The van der Waals surface area contributed by atoms with Crippen LogP contribution in [0, 0.1) is 23.2 Å². The highest BCUT2D eigenvalue weighted by atomic mass is 14.5. The fraction of sp³-hybridized carbons (Fsp3) is 0.875. The Hall–Kier alpha value is -0.260. The molecular weight excluding hydrogens is 192 g/mol. The summed E-state index contributed by atoms with van der Waals surface area (Å²) in [5.41, 5.74) is 2.16. The van der Waals surface area contributed by atoms with Gasteiger partial charge in [-0.15, -0.1) is 0 Å². The zero-order chi connectivity index (χ0) is 11.8. The Morgan fingerprint density at radius 2 is 2.12 bits per heavy atom. The monoisotopic (exact) mass is 220 g/mol. The van der Waals surface area contributed by atoms with Crippen LogP contribution in [0.4, 0.5) is 0 Å². The summed E-state index contributed by atoms with van der Waals surface area (Å²) in [6.45, 7) is 11.8. The lowest BCUT2D eigenvalue weighted by Gasteiger charge is -2.53. The maximum absolute atomic E-state index is 4.36. The number of fused-ring (bicyclic) bond motifs is 1. The molecule has 0 heteroatoms. The van der Waals surface area contributed by atoms with Crippen LogP contribution in [0.5, 0.6) is 0 Å². The van der Waals surface area contributed by atoms with Crippen LogP contribution in [0.15, 0.2) is 12.2 Å². The van der Waals surface area contributed by atoms with E-state index in [9.17, 15) is 0 Å². The summed E-state index contributed by atoms with van der Waals surface area (Å²) in [6, 6.07) is 0. The van der Waals surface area contributed by atoms with E-state index in [1.54, 1.807) is 5.57 Å². The average molecular weight is 220 g/mol. The van der Waals surface area contributed by atoms with Crippen molar-refractivity contribution in [3.05, 3.63) is 12.2 Å². The van der Waals surface area contributed by atoms with Crippen molar-refractivity contribution in [2.45, 2.75) is 65.7 Å². The van der Waals surface area contributed by atoms with Crippen LogP contribution in [0.1, 0.15) is 65.7 Å². The lowest BCUT2D eigenvalue weighted by Crippen LogP contribution is -2.44. The van der Waals surface area contributed by atoms with E-state index in [1.807, 2.05) is 0 Å². The molecule has 0 heterocycles. The zero-order valence-corrected chi connectivity index (χ0v) is 11.4. The van der Waals surface area contributed by atoms with Crippen molar-refractivity contribution in [3.63, 3.8) is 0 Å². The van der Waals surface area contributed by atoms with Crippen LogP contribution < -0.4 is 0 Å². The van der Waals surface area contributed by atoms with Crippen molar-refractivity contribution in [2.75, 3.05) is 0 Å². The third-order valence-electron chi connectivity index (χ3n) is 5.69. The molecular formula is C16H28. The standard InChI is InChI=1S/C16H28/c1-5-12(2)14-9-6-10-15-13(3)8-7-11-16(14,15)4/h12,14-15H,3,5-11H2,1-2,4H3. The SMILES string of the molecule is C=C1CCCC2(C)C1CCCC2C(C)CC. The number of allylic oxidation sites excluding steroid dienone is 1. The maximum atomic E-state index is 4.36.